The van der Waals surface area contributed by atoms with Gasteiger partial charge in [0, 0.05) is 12.6 Å². The zero-order valence-corrected chi connectivity index (χ0v) is 11.3. The Labute approximate surface area is 117 Å². The number of nitrogens with one attached hydrogen (secondary N) is 1. The molecule has 20 heavy (non-hydrogen) atoms. The van der Waals surface area contributed by atoms with Crippen molar-refractivity contribution < 1.29 is 19.4 Å². The number of carbonyl (C=O) groups excluding carboxylic acids is 1. The summed E-state index contributed by atoms with van der Waals surface area (Å²) in [5, 5.41) is 11.6. The lowest BCUT2D eigenvalue weighted by molar-refractivity contribution is -0.143. The van der Waals surface area contributed by atoms with Gasteiger partial charge in [-0.15, -0.1) is 0 Å². The van der Waals surface area contributed by atoms with Gasteiger partial charge in [0.15, 0.2) is 0 Å². The molecule has 1 amide bonds. The van der Waals surface area contributed by atoms with E-state index in [1.54, 1.807) is 13.2 Å². The van der Waals surface area contributed by atoms with E-state index >= 15 is 0 Å². The van der Waals surface area contributed by atoms with Crippen LogP contribution in [0.25, 0.3) is 6.08 Å². The van der Waals surface area contributed by atoms with Crippen molar-refractivity contribution in [1.29, 1.82) is 0 Å². The highest BCUT2D eigenvalue weighted by Crippen LogP contribution is 2.45. The summed E-state index contributed by atoms with van der Waals surface area (Å²) in [5.41, 5.74) is 0.110. The Kier molecular flexibility index (Phi) is 4.08. The summed E-state index contributed by atoms with van der Waals surface area (Å²) >= 11 is 0. The lowest BCUT2D eigenvalue weighted by atomic mass is 10.1. The second-order valence-corrected chi connectivity index (χ2v) is 4.91. The molecule has 1 aromatic carbocycles. The predicted molar refractivity (Wildman–Crippen MR) is 74.3 cm³/mol. The number of amides is 1. The van der Waals surface area contributed by atoms with Gasteiger partial charge in [-0.05, 0) is 36.6 Å². The van der Waals surface area contributed by atoms with Crippen LogP contribution in [0, 0.1) is 5.41 Å². The summed E-state index contributed by atoms with van der Waals surface area (Å²) in [5.74, 6) is -0.412. The van der Waals surface area contributed by atoms with Gasteiger partial charge in [0.25, 0.3) is 0 Å². The molecule has 0 saturated heterocycles. The first kappa shape index (κ1) is 14.1. The lowest BCUT2D eigenvalue weighted by Gasteiger charge is -2.09. The smallest absolute Gasteiger partial charge is 0.311 e. The molecular weight excluding hydrogens is 258 g/mol. The molecule has 0 atom stereocenters. The van der Waals surface area contributed by atoms with Gasteiger partial charge in [-0.2, -0.15) is 0 Å². The molecule has 0 unspecified atom stereocenters. The molecule has 1 aliphatic carbocycles. The maximum atomic E-state index is 11.6. The number of ether oxygens (including phenoxy) is 1. The summed E-state index contributed by atoms with van der Waals surface area (Å²) in [6.07, 6.45) is 4.31. The number of carboxylic acids is 1. The Bertz CT molecular complexity index is 547. The van der Waals surface area contributed by atoms with Crippen LogP contribution in [0.5, 0.6) is 5.75 Å². The fourth-order valence-electron chi connectivity index (χ4n) is 1.85. The molecule has 106 valence electrons. The van der Waals surface area contributed by atoms with E-state index in [1.165, 1.54) is 6.08 Å². The summed E-state index contributed by atoms with van der Waals surface area (Å²) in [6.45, 7) is 0.184. The summed E-state index contributed by atoms with van der Waals surface area (Å²) < 4.78 is 5.09. The van der Waals surface area contributed by atoms with Crippen LogP contribution in [0.1, 0.15) is 18.4 Å². The normalized spacial score (nSPS) is 15.8. The third kappa shape index (κ3) is 3.38. The number of hydrogen-bond acceptors (Lipinski definition) is 3. The van der Waals surface area contributed by atoms with E-state index in [4.69, 9.17) is 9.84 Å². The molecule has 2 N–H and O–H groups in total. The summed E-state index contributed by atoms with van der Waals surface area (Å²) in [6, 6.07) is 7.32. The molecule has 0 bridgehead atoms. The van der Waals surface area contributed by atoms with Crippen LogP contribution >= 0.6 is 0 Å². The Hall–Kier alpha value is -2.30. The average Bonchev–Trinajstić information content (AvgIpc) is 3.24. The quantitative estimate of drug-likeness (QED) is 0.775. The Morgan fingerprint density at radius 3 is 2.80 bits per heavy atom. The van der Waals surface area contributed by atoms with E-state index in [9.17, 15) is 9.59 Å². The Morgan fingerprint density at radius 2 is 2.20 bits per heavy atom. The zero-order valence-electron chi connectivity index (χ0n) is 11.3. The first-order valence-corrected chi connectivity index (χ1v) is 6.39. The number of methoxy groups -OCH3 is 1. The molecule has 1 aliphatic rings. The fraction of sp³-hybridized carbons (Fsp3) is 0.333. The van der Waals surface area contributed by atoms with Crippen molar-refractivity contribution in [1.82, 2.24) is 5.32 Å². The molecule has 0 aliphatic heterocycles. The van der Waals surface area contributed by atoms with Crippen molar-refractivity contribution in [3.05, 3.63) is 35.9 Å². The number of benzene rings is 1. The van der Waals surface area contributed by atoms with Crippen LogP contribution in [0.4, 0.5) is 0 Å². The van der Waals surface area contributed by atoms with Crippen LogP contribution in [0.2, 0.25) is 0 Å². The van der Waals surface area contributed by atoms with Crippen LogP contribution in [0.3, 0.4) is 0 Å². The molecule has 0 heterocycles. The van der Waals surface area contributed by atoms with Gasteiger partial charge in [0.1, 0.15) is 5.75 Å². The maximum absolute atomic E-state index is 11.6. The van der Waals surface area contributed by atoms with Crippen LogP contribution in [-0.2, 0) is 9.59 Å². The van der Waals surface area contributed by atoms with Gasteiger partial charge >= 0.3 is 5.97 Å². The molecule has 1 saturated carbocycles. The third-order valence-corrected chi connectivity index (χ3v) is 3.43. The number of aliphatic carboxylic acids is 1. The fourth-order valence-corrected chi connectivity index (χ4v) is 1.85. The van der Waals surface area contributed by atoms with E-state index in [1.807, 2.05) is 24.3 Å². The van der Waals surface area contributed by atoms with Gasteiger partial charge in [0.05, 0.1) is 12.5 Å². The molecule has 0 aromatic heterocycles. The molecule has 0 radical (unpaired) electrons. The van der Waals surface area contributed by atoms with Crippen molar-refractivity contribution in [2.75, 3.05) is 13.7 Å². The molecule has 5 nitrogen and oxygen atoms in total. The molecule has 5 heteroatoms. The average molecular weight is 275 g/mol. The van der Waals surface area contributed by atoms with Crippen LogP contribution < -0.4 is 10.1 Å². The van der Waals surface area contributed by atoms with Crippen LogP contribution in [-0.4, -0.2) is 30.6 Å². The van der Waals surface area contributed by atoms with E-state index in [0.29, 0.717) is 12.8 Å². The first-order chi connectivity index (χ1) is 9.55. The van der Waals surface area contributed by atoms with Crippen LogP contribution in [0.15, 0.2) is 30.3 Å². The lowest BCUT2D eigenvalue weighted by Crippen LogP contribution is -2.33. The van der Waals surface area contributed by atoms with Gasteiger partial charge < -0.3 is 15.2 Å². The standard InChI is InChI=1S/C15H17NO4/c1-20-12-4-2-3-11(9-12)5-6-13(17)16-10-15(7-8-15)14(18)19/h2-6,9H,7-8,10H2,1H3,(H,16,17)(H,18,19)/b6-5+. The number of hydrogen-bond donors (Lipinski definition) is 2. The third-order valence-electron chi connectivity index (χ3n) is 3.43. The highest BCUT2D eigenvalue weighted by molar-refractivity contribution is 5.92. The van der Waals surface area contributed by atoms with Gasteiger partial charge in [0.2, 0.25) is 5.91 Å². The van der Waals surface area contributed by atoms with E-state index in [2.05, 4.69) is 5.32 Å². The highest BCUT2D eigenvalue weighted by atomic mass is 16.5. The minimum atomic E-state index is -0.838. The Balaban J connectivity index is 1.87. The molecule has 1 fully saturated rings. The van der Waals surface area contributed by atoms with Crippen molar-refractivity contribution in [2.24, 2.45) is 5.41 Å². The molecule has 1 aromatic rings. The van der Waals surface area contributed by atoms with Crippen molar-refractivity contribution >= 4 is 18.0 Å². The van der Waals surface area contributed by atoms with Crippen molar-refractivity contribution in [3.63, 3.8) is 0 Å². The Morgan fingerprint density at radius 1 is 1.45 bits per heavy atom. The molecule has 2 rings (SSSR count). The number of carbonyl (C=O) groups is 2. The maximum Gasteiger partial charge on any atom is 0.311 e. The first-order valence-electron chi connectivity index (χ1n) is 6.39. The monoisotopic (exact) mass is 275 g/mol. The number of carboxylic acid groups (broad SMARTS) is 1. The zero-order chi connectivity index (χ0) is 14.6. The SMILES string of the molecule is COc1cccc(/C=C/C(=O)NCC2(C(=O)O)CC2)c1. The topological polar surface area (TPSA) is 75.6 Å². The number of rotatable bonds is 6. The second kappa shape index (κ2) is 5.77. The summed E-state index contributed by atoms with van der Waals surface area (Å²) in [7, 11) is 1.58. The van der Waals surface area contributed by atoms with Crippen molar-refractivity contribution in [2.45, 2.75) is 12.8 Å². The molecular formula is C15H17NO4. The van der Waals surface area contributed by atoms with E-state index < -0.39 is 11.4 Å². The largest absolute Gasteiger partial charge is 0.497 e. The minimum Gasteiger partial charge on any atom is -0.497 e. The van der Waals surface area contributed by atoms with Gasteiger partial charge in [-0.3, -0.25) is 9.59 Å². The van der Waals surface area contributed by atoms with E-state index in [0.717, 1.165) is 11.3 Å². The second-order valence-electron chi connectivity index (χ2n) is 4.91. The highest BCUT2D eigenvalue weighted by Gasteiger charge is 2.50. The van der Waals surface area contributed by atoms with Gasteiger partial charge in [-0.1, -0.05) is 12.1 Å². The van der Waals surface area contributed by atoms with Crippen molar-refractivity contribution in [3.8, 4) is 5.75 Å². The minimum absolute atomic E-state index is 0.184. The summed E-state index contributed by atoms with van der Waals surface area (Å²) in [4.78, 5) is 22.6. The molecule has 0 spiro atoms. The predicted octanol–water partition coefficient (Wildman–Crippen LogP) is 1.69. The van der Waals surface area contributed by atoms with E-state index in [-0.39, 0.29) is 12.5 Å². The van der Waals surface area contributed by atoms with Gasteiger partial charge in [-0.25, -0.2) is 0 Å².